The summed E-state index contributed by atoms with van der Waals surface area (Å²) in [7, 11) is 0. The minimum Gasteiger partial charge on any atom is -0.421 e. The molecule has 3 aromatic rings. The molecule has 6 nitrogen and oxygen atoms in total. The Hall–Kier alpha value is -2.06. The average Bonchev–Trinajstić information content (AvgIpc) is 2.96. The molecule has 3 rings (SSSR count). The smallest absolute Gasteiger partial charge is 0.328 e. The fourth-order valence-corrected chi connectivity index (χ4v) is 2.00. The molecule has 0 bridgehead atoms. The van der Waals surface area contributed by atoms with E-state index >= 15 is 0 Å². The van der Waals surface area contributed by atoms with Crippen LogP contribution in [0.4, 0.5) is 4.39 Å². The molecule has 0 aliphatic heterocycles. The summed E-state index contributed by atoms with van der Waals surface area (Å²) in [4.78, 5) is 15.7. The van der Waals surface area contributed by atoms with Crippen molar-refractivity contribution < 1.29 is 9.13 Å². The zero-order chi connectivity index (χ0) is 14.8. The lowest BCUT2D eigenvalue weighted by Gasteiger charge is -2.07. The Morgan fingerprint density at radius 3 is 2.86 bits per heavy atom. The molecular weight excluding hydrogens is 365 g/mol. The Bertz CT molecular complexity index is 783. The number of halogens is 3. The van der Waals surface area contributed by atoms with E-state index in [4.69, 9.17) is 16.3 Å². The maximum absolute atomic E-state index is 13.7. The molecule has 0 unspecified atom stereocenters. The summed E-state index contributed by atoms with van der Waals surface area (Å²) in [5.41, 5.74) is 0. The summed E-state index contributed by atoms with van der Waals surface area (Å²) in [6.07, 6.45) is 4.69. The first kappa shape index (κ1) is 13.9. The molecule has 0 N–H and O–H groups in total. The fourth-order valence-electron chi connectivity index (χ4n) is 1.51. The highest BCUT2D eigenvalue weighted by molar-refractivity contribution is 9.10. The van der Waals surface area contributed by atoms with Crippen molar-refractivity contribution in [3.63, 3.8) is 0 Å². The standard InChI is InChI=1S/C12H6BrClFN5O/c13-7-1-2-8(15)9(5-7)21-12-18-10(14)17-11(19-12)20-4-3-16-6-20/h1-6H. The highest BCUT2D eigenvalue weighted by Gasteiger charge is 2.11. The van der Waals surface area contributed by atoms with Gasteiger partial charge in [0.15, 0.2) is 11.6 Å². The van der Waals surface area contributed by atoms with Crippen molar-refractivity contribution in [1.29, 1.82) is 0 Å². The van der Waals surface area contributed by atoms with Crippen molar-refractivity contribution >= 4 is 27.5 Å². The van der Waals surface area contributed by atoms with Crippen LogP contribution in [0, 0.1) is 5.82 Å². The molecule has 0 amide bonds. The molecule has 9 heteroatoms. The number of hydrogen-bond acceptors (Lipinski definition) is 5. The van der Waals surface area contributed by atoms with Crippen molar-refractivity contribution in [3.05, 3.63) is 52.5 Å². The van der Waals surface area contributed by atoms with Crippen molar-refractivity contribution in [2.75, 3.05) is 0 Å². The topological polar surface area (TPSA) is 65.7 Å². The van der Waals surface area contributed by atoms with Crippen molar-refractivity contribution in [2.24, 2.45) is 0 Å². The Morgan fingerprint density at radius 1 is 1.24 bits per heavy atom. The van der Waals surface area contributed by atoms with Crippen LogP contribution in [0.15, 0.2) is 41.4 Å². The van der Waals surface area contributed by atoms with Crippen LogP contribution in [0.2, 0.25) is 5.28 Å². The van der Waals surface area contributed by atoms with Gasteiger partial charge in [0.1, 0.15) is 6.33 Å². The molecule has 0 saturated heterocycles. The highest BCUT2D eigenvalue weighted by Crippen LogP contribution is 2.26. The van der Waals surface area contributed by atoms with Crippen LogP contribution >= 0.6 is 27.5 Å². The van der Waals surface area contributed by atoms with E-state index in [0.717, 1.165) is 0 Å². The van der Waals surface area contributed by atoms with Gasteiger partial charge in [0, 0.05) is 16.9 Å². The molecule has 0 fully saturated rings. The summed E-state index contributed by atoms with van der Waals surface area (Å²) in [6.45, 7) is 0. The van der Waals surface area contributed by atoms with E-state index in [1.165, 1.54) is 23.0 Å². The lowest BCUT2D eigenvalue weighted by molar-refractivity contribution is 0.408. The first-order valence-electron chi connectivity index (χ1n) is 5.64. The van der Waals surface area contributed by atoms with E-state index < -0.39 is 5.82 Å². The van der Waals surface area contributed by atoms with Gasteiger partial charge in [-0.1, -0.05) is 15.9 Å². The SMILES string of the molecule is Fc1ccc(Br)cc1Oc1nc(Cl)nc(-n2ccnc2)n1. The second-order valence-corrected chi connectivity index (χ2v) is 5.09. The average molecular weight is 371 g/mol. The maximum Gasteiger partial charge on any atom is 0.328 e. The monoisotopic (exact) mass is 369 g/mol. The Morgan fingerprint density at radius 2 is 2.10 bits per heavy atom. The third-order valence-corrected chi connectivity index (χ3v) is 3.07. The fraction of sp³-hybridized carbons (Fsp3) is 0. The van der Waals surface area contributed by atoms with E-state index in [1.807, 2.05) is 0 Å². The van der Waals surface area contributed by atoms with Crippen molar-refractivity contribution in [1.82, 2.24) is 24.5 Å². The van der Waals surface area contributed by atoms with Gasteiger partial charge in [-0.3, -0.25) is 4.57 Å². The predicted molar refractivity (Wildman–Crippen MR) is 76.1 cm³/mol. The molecule has 0 saturated carbocycles. The highest BCUT2D eigenvalue weighted by atomic mass is 79.9. The van der Waals surface area contributed by atoms with Crippen LogP contribution in [0.3, 0.4) is 0 Å². The van der Waals surface area contributed by atoms with Crippen LogP contribution in [-0.4, -0.2) is 24.5 Å². The minimum atomic E-state index is -0.543. The number of aromatic nitrogens is 5. The van der Waals surface area contributed by atoms with Gasteiger partial charge in [0.2, 0.25) is 11.2 Å². The maximum atomic E-state index is 13.7. The number of benzene rings is 1. The Kier molecular flexibility index (Phi) is 3.80. The molecule has 2 aromatic heterocycles. The Balaban J connectivity index is 1.97. The normalized spacial score (nSPS) is 10.6. The van der Waals surface area contributed by atoms with Gasteiger partial charge in [0.25, 0.3) is 0 Å². The summed E-state index contributed by atoms with van der Waals surface area (Å²) >= 11 is 9.06. The molecule has 2 heterocycles. The summed E-state index contributed by atoms with van der Waals surface area (Å²) in [5, 5.41) is -0.0703. The van der Waals surface area contributed by atoms with Crippen molar-refractivity contribution in [2.45, 2.75) is 0 Å². The van der Waals surface area contributed by atoms with Crippen LogP contribution in [0.1, 0.15) is 0 Å². The largest absolute Gasteiger partial charge is 0.421 e. The van der Waals surface area contributed by atoms with Crippen molar-refractivity contribution in [3.8, 4) is 17.7 Å². The Labute approximate surface area is 131 Å². The minimum absolute atomic E-state index is 0.0248. The molecule has 0 aliphatic rings. The summed E-state index contributed by atoms with van der Waals surface area (Å²) in [5.74, 6) is -0.347. The second-order valence-electron chi connectivity index (χ2n) is 3.83. The lowest BCUT2D eigenvalue weighted by Crippen LogP contribution is -2.03. The van der Waals surface area contributed by atoms with Gasteiger partial charge < -0.3 is 4.74 Å². The van der Waals surface area contributed by atoms with E-state index in [-0.39, 0.29) is 23.0 Å². The predicted octanol–water partition coefficient (Wildman–Crippen LogP) is 3.40. The molecular formula is C12H6BrClFN5O. The van der Waals surface area contributed by atoms with Gasteiger partial charge in [-0.15, -0.1) is 0 Å². The second kappa shape index (κ2) is 5.74. The third kappa shape index (κ3) is 3.17. The zero-order valence-electron chi connectivity index (χ0n) is 10.2. The molecule has 0 atom stereocenters. The van der Waals surface area contributed by atoms with Crippen LogP contribution in [0.5, 0.6) is 11.8 Å². The summed E-state index contributed by atoms with van der Waals surface area (Å²) < 4.78 is 21.2. The van der Waals surface area contributed by atoms with E-state index in [9.17, 15) is 4.39 Å². The molecule has 106 valence electrons. The van der Waals surface area contributed by atoms with Gasteiger partial charge in [0.05, 0.1) is 0 Å². The molecule has 0 aliphatic carbocycles. The number of ether oxygens (including phenoxy) is 1. The molecule has 0 radical (unpaired) electrons. The van der Waals surface area contributed by atoms with Gasteiger partial charge in [-0.25, -0.2) is 9.37 Å². The number of imidazole rings is 1. The summed E-state index contributed by atoms with van der Waals surface area (Å²) in [6, 6.07) is 4.17. The zero-order valence-corrected chi connectivity index (χ0v) is 12.6. The van der Waals surface area contributed by atoms with Gasteiger partial charge in [-0.05, 0) is 29.8 Å². The molecule has 21 heavy (non-hydrogen) atoms. The van der Waals surface area contributed by atoms with E-state index in [1.54, 1.807) is 18.5 Å². The number of rotatable bonds is 3. The molecule has 0 spiro atoms. The van der Waals surface area contributed by atoms with Crippen LogP contribution in [-0.2, 0) is 0 Å². The van der Waals surface area contributed by atoms with Crippen LogP contribution in [0.25, 0.3) is 5.95 Å². The van der Waals surface area contributed by atoms with E-state index in [2.05, 4.69) is 35.9 Å². The first-order chi connectivity index (χ1) is 10.1. The van der Waals surface area contributed by atoms with Gasteiger partial charge >= 0.3 is 6.01 Å². The quantitative estimate of drug-likeness (QED) is 0.707. The lowest BCUT2D eigenvalue weighted by atomic mass is 10.3. The first-order valence-corrected chi connectivity index (χ1v) is 6.82. The number of nitrogens with zero attached hydrogens (tertiary/aromatic N) is 5. The molecule has 1 aromatic carbocycles. The van der Waals surface area contributed by atoms with E-state index in [0.29, 0.717) is 4.47 Å². The van der Waals surface area contributed by atoms with Crippen LogP contribution < -0.4 is 4.74 Å². The third-order valence-electron chi connectivity index (χ3n) is 2.41. The van der Waals surface area contributed by atoms with Gasteiger partial charge in [-0.2, -0.15) is 15.0 Å². The number of hydrogen-bond donors (Lipinski definition) is 0.